The molecular formula is C14H17N3O. The highest BCUT2D eigenvalue weighted by Gasteiger charge is 2.33. The predicted molar refractivity (Wildman–Crippen MR) is 72.4 cm³/mol. The van der Waals surface area contributed by atoms with Crippen LogP contribution in [0.4, 0.5) is 5.69 Å². The number of nitrogens with one attached hydrogen (secondary N) is 2. The van der Waals surface area contributed by atoms with Crippen LogP contribution >= 0.6 is 0 Å². The molecule has 18 heavy (non-hydrogen) atoms. The number of rotatable bonds is 2. The summed E-state index contributed by atoms with van der Waals surface area (Å²) in [4.78, 5) is 15.4. The lowest BCUT2D eigenvalue weighted by Crippen LogP contribution is -2.50. The molecule has 0 unspecified atom stereocenters. The first-order valence-electron chi connectivity index (χ1n) is 6.27. The summed E-state index contributed by atoms with van der Waals surface area (Å²) in [5.74, 6) is -0.0194. The summed E-state index contributed by atoms with van der Waals surface area (Å²) in [5.41, 5.74) is 8.03. The monoisotopic (exact) mass is 243 g/mol. The number of carbonyl (C=O) groups is 1. The molecule has 1 aromatic carbocycles. The molecule has 4 nitrogen and oxygen atoms in total. The summed E-state index contributed by atoms with van der Waals surface area (Å²) < 4.78 is 0. The molecule has 1 saturated carbocycles. The van der Waals surface area contributed by atoms with Crippen molar-refractivity contribution in [3.8, 4) is 0 Å². The largest absolute Gasteiger partial charge is 0.399 e. The third-order valence-electron chi connectivity index (χ3n) is 3.82. The highest BCUT2D eigenvalue weighted by molar-refractivity contribution is 6.07. The number of hydrogen-bond acceptors (Lipinski definition) is 2. The Kier molecular flexibility index (Phi) is 2.33. The first-order valence-corrected chi connectivity index (χ1v) is 6.27. The summed E-state index contributed by atoms with van der Waals surface area (Å²) >= 11 is 0. The number of aromatic nitrogens is 1. The number of fused-ring (bicyclic) bond motifs is 1. The van der Waals surface area contributed by atoms with Gasteiger partial charge in [-0.15, -0.1) is 0 Å². The molecule has 4 heteroatoms. The molecule has 4 N–H and O–H groups in total. The molecule has 1 aliphatic carbocycles. The normalized spacial score (nSPS) is 17.4. The Morgan fingerprint density at radius 2 is 2.22 bits per heavy atom. The van der Waals surface area contributed by atoms with Crippen molar-refractivity contribution in [2.45, 2.75) is 31.7 Å². The van der Waals surface area contributed by atoms with Crippen molar-refractivity contribution < 1.29 is 4.79 Å². The van der Waals surface area contributed by atoms with Gasteiger partial charge in [0.25, 0.3) is 5.91 Å². The Balaban J connectivity index is 1.93. The van der Waals surface area contributed by atoms with Gasteiger partial charge in [-0.3, -0.25) is 4.79 Å². The number of aromatic amines is 1. The fraction of sp³-hybridized carbons (Fsp3) is 0.357. The second-order valence-electron chi connectivity index (χ2n) is 5.38. The summed E-state index contributed by atoms with van der Waals surface area (Å²) in [7, 11) is 0. The number of amides is 1. The summed E-state index contributed by atoms with van der Waals surface area (Å²) in [6.45, 7) is 2.09. The third kappa shape index (κ3) is 1.74. The molecule has 0 aliphatic heterocycles. The number of nitrogen functional groups attached to an aromatic ring is 1. The topological polar surface area (TPSA) is 70.9 Å². The van der Waals surface area contributed by atoms with E-state index in [1.807, 2.05) is 18.2 Å². The SMILES string of the molecule is CC1(NC(=O)c2c[nH]c3ccc(N)cc23)CCC1. The van der Waals surface area contributed by atoms with Gasteiger partial charge in [0.1, 0.15) is 0 Å². The zero-order chi connectivity index (χ0) is 12.8. The molecule has 0 spiro atoms. The van der Waals surface area contributed by atoms with E-state index in [1.54, 1.807) is 6.20 Å². The minimum Gasteiger partial charge on any atom is -0.399 e. The molecule has 0 saturated heterocycles. The van der Waals surface area contributed by atoms with Crippen molar-refractivity contribution >= 4 is 22.5 Å². The van der Waals surface area contributed by atoms with Crippen LogP contribution < -0.4 is 11.1 Å². The molecule has 2 aromatic rings. The van der Waals surface area contributed by atoms with Crippen molar-refractivity contribution in [2.24, 2.45) is 0 Å². The molecule has 0 atom stereocenters. The lowest BCUT2D eigenvalue weighted by atomic mass is 9.78. The van der Waals surface area contributed by atoms with Gasteiger partial charge in [0, 0.05) is 28.3 Å². The van der Waals surface area contributed by atoms with Crippen LogP contribution in [-0.4, -0.2) is 16.4 Å². The fourth-order valence-electron chi connectivity index (χ4n) is 2.50. The molecule has 3 rings (SSSR count). The number of H-pyrrole nitrogens is 1. The second-order valence-corrected chi connectivity index (χ2v) is 5.38. The van der Waals surface area contributed by atoms with E-state index < -0.39 is 0 Å². The number of carbonyl (C=O) groups excluding carboxylic acids is 1. The molecule has 1 amide bonds. The summed E-state index contributed by atoms with van der Waals surface area (Å²) in [5, 5.41) is 3.99. The lowest BCUT2D eigenvalue weighted by Gasteiger charge is -2.39. The Labute approximate surface area is 106 Å². The van der Waals surface area contributed by atoms with Gasteiger partial charge in [0.15, 0.2) is 0 Å². The molecule has 1 aliphatic rings. The fourth-order valence-corrected chi connectivity index (χ4v) is 2.50. The first kappa shape index (κ1) is 11.1. The Bertz CT molecular complexity index is 611. The van der Waals surface area contributed by atoms with E-state index in [4.69, 9.17) is 5.73 Å². The zero-order valence-corrected chi connectivity index (χ0v) is 10.4. The average Bonchev–Trinajstić information content (AvgIpc) is 2.69. The van der Waals surface area contributed by atoms with Crippen molar-refractivity contribution in [1.29, 1.82) is 0 Å². The maximum absolute atomic E-state index is 12.3. The van der Waals surface area contributed by atoms with Gasteiger partial charge in [0.2, 0.25) is 0 Å². The zero-order valence-electron chi connectivity index (χ0n) is 10.4. The van der Waals surface area contributed by atoms with Crippen LogP contribution in [0.1, 0.15) is 36.5 Å². The highest BCUT2D eigenvalue weighted by Crippen LogP contribution is 2.31. The summed E-state index contributed by atoms with van der Waals surface area (Å²) in [6.07, 6.45) is 5.06. The van der Waals surface area contributed by atoms with Gasteiger partial charge in [-0.2, -0.15) is 0 Å². The molecule has 0 radical (unpaired) electrons. The second kappa shape index (κ2) is 3.77. The Morgan fingerprint density at radius 3 is 2.89 bits per heavy atom. The van der Waals surface area contributed by atoms with Crippen molar-refractivity contribution in [2.75, 3.05) is 5.73 Å². The van der Waals surface area contributed by atoms with Crippen LogP contribution in [0.5, 0.6) is 0 Å². The van der Waals surface area contributed by atoms with E-state index in [0.717, 1.165) is 23.7 Å². The maximum Gasteiger partial charge on any atom is 0.253 e. The van der Waals surface area contributed by atoms with Crippen LogP contribution in [0.25, 0.3) is 10.9 Å². The first-order chi connectivity index (χ1) is 8.57. The average molecular weight is 243 g/mol. The number of benzene rings is 1. The van der Waals surface area contributed by atoms with E-state index in [-0.39, 0.29) is 11.4 Å². The van der Waals surface area contributed by atoms with E-state index in [2.05, 4.69) is 17.2 Å². The molecular weight excluding hydrogens is 226 g/mol. The van der Waals surface area contributed by atoms with Crippen molar-refractivity contribution in [3.05, 3.63) is 30.0 Å². The lowest BCUT2D eigenvalue weighted by molar-refractivity contribution is 0.0852. The van der Waals surface area contributed by atoms with Crippen LogP contribution in [0, 0.1) is 0 Å². The minimum absolute atomic E-state index is 0.0194. The summed E-state index contributed by atoms with van der Waals surface area (Å²) in [6, 6.07) is 5.56. The van der Waals surface area contributed by atoms with Crippen LogP contribution in [0.2, 0.25) is 0 Å². The smallest absolute Gasteiger partial charge is 0.253 e. The third-order valence-corrected chi connectivity index (χ3v) is 3.82. The number of nitrogens with two attached hydrogens (primary N) is 1. The minimum atomic E-state index is -0.0268. The van der Waals surface area contributed by atoms with E-state index in [0.29, 0.717) is 11.3 Å². The van der Waals surface area contributed by atoms with E-state index in [9.17, 15) is 4.79 Å². The molecule has 1 fully saturated rings. The highest BCUT2D eigenvalue weighted by atomic mass is 16.1. The quantitative estimate of drug-likeness (QED) is 0.709. The van der Waals surface area contributed by atoms with Crippen molar-refractivity contribution in [1.82, 2.24) is 10.3 Å². The Morgan fingerprint density at radius 1 is 1.44 bits per heavy atom. The molecule has 94 valence electrons. The molecule has 0 bridgehead atoms. The van der Waals surface area contributed by atoms with Gasteiger partial charge >= 0.3 is 0 Å². The van der Waals surface area contributed by atoms with Crippen LogP contribution in [-0.2, 0) is 0 Å². The van der Waals surface area contributed by atoms with E-state index >= 15 is 0 Å². The van der Waals surface area contributed by atoms with Gasteiger partial charge in [-0.05, 0) is 44.4 Å². The van der Waals surface area contributed by atoms with Gasteiger partial charge < -0.3 is 16.0 Å². The predicted octanol–water partition coefficient (Wildman–Crippen LogP) is 2.42. The van der Waals surface area contributed by atoms with Crippen molar-refractivity contribution in [3.63, 3.8) is 0 Å². The van der Waals surface area contributed by atoms with E-state index in [1.165, 1.54) is 6.42 Å². The Hall–Kier alpha value is -1.97. The standard InChI is InChI=1S/C14H17N3O/c1-14(5-2-6-14)17-13(18)11-8-16-12-4-3-9(15)7-10(11)12/h3-4,7-8,16H,2,5-6,15H2,1H3,(H,17,18). The number of anilines is 1. The molecule has 1 aromatic heterocycles. The van der Waals surface area contributed by atoms with Gasteiger partial charge in [0.05, 0.1) is 5.56 Å². The number of hydrogen-bond donors (Lipinski definition) is 3. The maximum atomic E-state index is 12.3. The molecule has 1 heterocycles. The van der Waals surface area contributed by atoms with Gasteiger partial charge in [-0.25, -0.2) is 0 Å². The van der Waals surface area contributed by atoms with Crippen LogP contribution in [0.15, 0.2) is 24.4 Å². The van der Waals surface area contributed by atoms with Gasteiger partial charge in [-0.1, -0.05) is 0 Å². The van der Waals surface area contributed by atoms with Crippen LogP contribution in [0.3, 0.4) is 0 Å².